The third-order valence-corrected chi connectivity index (χ3v) is 2.36. The molecule has 0 bridgehead atoms. The summed E-state index contributed by atoms with van der Waals surface area (Å²) in [5.74, 6) is 0.0312. The van der Waals surface area contributed by atoms with E-state index in [9.17, 15) is 8.78 Å². The van der Waals surface area contributed by atoms with Crippen LogP contribution in [-0.4, -0.2) is 10.1 Å². The smallest absolute Gasteiger partial charge is 0.280 e. The molecular weight excluding hydrogens is 258 g/mol. The number of anilines is 1. The number of hydrogen-bond acceptors (Lipinski definition) is 3. The number of aromatic nitrogens is 1. The lowest BCUT2D eigenvalue weighted by Gasteiger charge is -2.09. The topological polar surface area (TPSA) is 59.1 Å². The Labute approximate surface area is 88.1 Å². The predicted octanol–water partition coefficient (Wildman–Crippen LogP) is 1.99. The fourth-order valence-corrected chi connectivity index (χ4v) is 1.72. The van der Waals surface area contributed by atoms with Gasteiger partial charge in [0.25, 0.3) is 6.43 Å². The van der Waals surface area contributed by atoms with Gasteiger partial charge in [-0.05, 0) is 11.6 Å². The van der Waals surface area contributed by atoms with Gasteiger partial charge in [-0.2, -0.15) is 0 Å². The van der Waals surface area contributed by atoms with Gasteiger partial charge in [-0.1, -0.05) is 15.9 Å². The van der Waals surface area contributed by atoms with Gasteiger partial charge in [0.15, 0.2) is 0 Å². The molecule has 0 radical (unpaired) electrons. The average molecular weight is 267 g/mol. The molecule has 78 valence electrons. The summed E-state index contributed by atoms with van der Waals surface area (Å²) in [6.07, 6.45) is -2.67. The van der Waals surface area contributed by atoms with Crippen molar-refractivity contribution in [2.24, 2.45) is 0 Å². The Kier molecular flexibility index (Phi) is 3.77. The van der Waals surface area contributed by atoms with Crippen LogP contribution in [0.15, 0.2) is 6.07 Å². The van der Waals surface area contributed by atoms with E-state index in [4.69, 9.17) is 10.8 Å². The molecule has 0 atom stereocenters. The number of rotatable bonds is 3. The highest BCUT2D eigenvalue weighted by Gasteiger charge is 2.14. The lowest BCUT2D eigenvalue weighted by Crippen LogP contribution is -2.05. The zero-order valence-electron chi connectivity index (χ0n) is 7.17. The Morgan fingerprint density at radius 2 is 2.21 bits per heavy atom. The van der Waals surface area contributed by atoms with Crippen molar-refractivity contribution in [2.45, 2.75) is 18.4 Å². The second kappa shape index (κ2) is 4.65. The summed E-state index contributed by atoms with van der Waals surface area (Å²) >= 11 is 3.14. The highest BCUT2D eigenvalue weighted by atomic mass is 79.9. The van der Waals surface area contributed by atoms with Gasteiger partial charge in [0.2, 0.25) is 0 Å². The van der Waals surface area contributed by atoms with Crippen molar-refractivity contribution < 1.29 is 13.9 Å². The van der Waals surface area contributed by atoms with Gasteiger partial charge in [0, 0.05) is 10.9 Å². The SMILES string of the molecule is Nc1nc(C(F)F)cc(CO)c1CBr. The number of aliphatic hydroxyl groups excluding tert-OH is 1. The van der Waals surface area contributed by atoms with Crippen LogP contribution in [0.1, 0.15) is 23.2 Å². The fraction of sp³-hybridized carbons (Fsp3) is 0.375. The van der Waals surface area contributed by atoms with E-state index in [2.05, 4.69) is 20.9 Å². The van der Waals surface area contributed by atoms with Crippen molar-refractivity contribution in [1.29, 1.82) is 0 Å². The van der Waals surface area contributed by atoms with Gasteiger partial charge in [-0.25, -0.2) is 13.8 Å². The van der Waals surface area contributed by atoms with Crippen LogP contribution in [-0.2, 0) is 11.9 Å². The second-order valence-corrected chi connectivity index (χ2v) is 3.22. The zero-order chi connectivity index (χ0) is 10.7. The summed E-state index contributed by atoms with van der Waals surface area (Å²) in [7, 11) is 0. The highest BCUT2D eigenvalue weighted by molar-refractivity contribution is 9.08. The lowest BCUT2D eigenvalue weighted by atomic mass is 10.1. The largest absolute Gasteiger partial charge is 0.392 e. The molecule has 0 spiro atoms. The monoisotopic (exact) mass is 266 g/mol. The number of alkyl halides is 3. The maximum Gasteiger partial charge on any atom is 0.280 e. The fourth-order valence-electron chi connectivity index (χ4n) is 1.08. The van der Waals surface area contributed by atoms with E-state index in [1.165, 1.54) is 0 Å². The summed E-state index contributed by atoms with van der Waals surface area (Å²) in [6, 6.07) is 1.16. The van der Waals surface area contributed by atoms with Crippen molar-refractivity contribution in [2.75, 3.05) is 5.73 Å². The molecule has 0 aromatic carbocycles. The molecule has 6 heteroatoms. The van der Waals surface area contributed by atoms with Gasteiger partial charge >= 0.3 is 0 Å². The minimum atomic E-state index is -2.67. The standard InChI is InChI=1S/C8H9BrF2N2O/c9-2-5-4(3-14)1-6(7(10)11)13-8(5)12/h1,7,14H,2-3H2,(H2,12,13). The molecule has 0 aliphatic rings. The summed E-state index contributed by atoms with van der Waals surface area (Å²) < 4.78 is 24.6. The Balaban J connectivity index is 3.24. The number of aliphatic hydroxyl groups is 1. The molecule has 0 aliphatic heterocycles. The molecule has 0 saturated carbocycles. The van der Waals surface area contributed by atoms with Crippen molar-refractivity contribution in [3.63, 3.8) is 0 Å². The van der Waals surface area contributed by atoms with Crippen molar-refractivity contribution >= 4 is 21.7 Å². The van der Waals surface area contributed by atoms with E-state index in [1.807, 2.05) is 0 Å². The van der Waals surface area contributed by atoms with Crippen LogP contribution in [0.25, 0.3) is 0 Å². The highest BCUT2D eigenvalue weighted by Crippen LogP contribution is 2.24. The third-order valence-electron chi connectivity index (χ3n) is 1.80. The molecular formula is C8H9BrF2N2O. The first-order valence-corrected chi connectivity index (χ1v) is 4.95. The van der Waals surface area contributed by atoms with Gasteiger partial charge in [-0.15, -0.1) is 0 Å². The number of nitrogens with zero attached hydrogens (tertiary/aromatic N) is 1. The summed E-state index contributed by atoms with van der Waals surface area (Å²) in [5, 5.41) is 9.31. The Morgan fingerprint density at radius 1 is 1.57 bits per heavy atom. The van der Waals surface area contributed by atoms with E-state index < -0.39 is 12.1 Å². The minimum Gasteiger partial charge on any atom is -0.392 e. The minimum absolute atomic E-state index is 0.0312. The van der Waals surface area contributed by atoms with Crippen LogP contribution in [0.3, 0.4) is 0 Å². The molecule has 0 fully saturated rings. The van der Waals surface area contributed by atoms with E-state index in [0.717, 1.165) is 6.07 Å². The number of nitrogens with two attached hydrogens (primary N) is 1. The molecule has 14 heavy (non-hydrogen) atoms. The van der Waals surface area contributed by atoms with E-state index >= 15 is 0 Å². The molecule has 0 amide bonds. The number of nitrogen functional groups attached to an aromatic ring is 1. The molecule has 0 saturated heterocycles. The van der Waals surface area contributed by atoms with Crippen molar-refractivity contribution in [3.8, 4) is 0 Å². The maximum atomic E-state index is 12.3. The maximum absolute atomic E-state index is 12.3. The molecule has 1 aromatic heterocycles. The first-order chi connectivity index (χ1) is 6.60. The van der Waals surface area contributed by atoms with Crippen LogP contribution < -0.4 is 5.73 Å². The Hall–Kier alpha value is -0.750. The van der Waals surface area contributed by atoms with Gasteiger partial charge < -0.3 is 10.8 Å². The van der Waals surface area contributed by atoms with Crippen LogP contribution >= 0.6 is 15.9 Å². The normalized spacial score (nSPS) is 10.9. The lowest BCUT2D eigenvalue weighted by molar-refractivity contribution is 0.146. The second-order valence-electron chi connectivity index (χ2n) is 2.66. The number of hydrogen-bond donors (Lipinski definition) is 2. The van der Waals surface area contributed by atoms with Crippen LogP contribution in [0, 0.1) is 0 Å². The van der Waals surface area contributed by atoms with E-state index in [-0.39, 0.29) is 12.4 Å². The Morgan fingerprint density at radius 3 is 2.64 bits per heavy atom. The average Bonchev–Trinajstić information content (AvgIpc) is 2.16. The van der Waals surface area contributed by atoms with Gasteiger partial charge in [0.05, 0.1) is 6.61 Å². The molecule has 3 nitrogen and oxygen atoms in total. The Bertz CT molecular complexity index is 333. The summed E-state index contributed by atoms with van der Waals surface area (Å²) in [6.45, 7) is -0.326. The molecule has 0 unspecified atom stereocenters. The number of pyridine rings is 1. The first kappa shape index (κ1) is 11.3. The van der Waals surface area contributed by atoms with E-state index in [1.54, 1.807) is 0 Å². The number of halogens is 3. The van der Waals surface area contributed by atoms with Crippen molar-refractivity contribution in [1.82, 2.24) is 4.98 Å². The predicted molar refractivity (Wildman–Crippen MR) is 52.2 cm³/mol. The molecule has 1 aromatic rings. The first-order valence-electron chi connectivity index (χ1n) is 3.83. The van der Waals surface area contributed by atoms with Crippen molar-refractivity contribution in [3.05, 3.63) is 22.9 Å². The molecule has 0 aliphatic carbocycles. The zero-order valence-corrected chi connectivity index (χ0v) is 8.76. The molecule has 1 heterocycles. The van der Waals surface area contributed by atoms with Crippen LogP contribution in [0.4, 0.5) is 14.6 Å². The van der Waals surface area contributed by atoms with Gasteiger partial charge in [-0.3, -0.25) is 0 Å². The van der Waals surface area contributed by atoms with E-state index in [0.29, 0.717) is 16.5 Å². The molecule has 3 N–H and O–H groups in total. The summed E-state index contributed by atoms with van der Waals surface area (Å²) in [4.78, 5) is 3.54. The van der Waals surface area contributed by atoms with Crippen LogP contribution in [0.2, 0.25) is 0 Å². The van der Waals surface area contributed by atoms with Gasteiger partial charge in [0.1, 0.15) is 11.5 Å². The quantitative estimate of drug-likeness (QED) is 0.823. The third kappa shape index (κ3) is 2.19. The van der Waals surface area contributed by atoms with Crippen LogP contribution in [0.5, 0.6) is 0 Å². The summed E-state index contributed by atoms with van der Waals surface area (Å²) in [5.41, 5.74) is 5.99. The molecule has 1 rings (SSSR count).